The molecule has 0 spiro atoms. The van der Waals surface area contributed by atoms with Crippen molar-refractivity contribution in [3.63, 3.8) is 0 Å². The average molecular weight is 521 g/mol. The predicted molar refractivity (Wildman–Crippen MR) is 138 cm³/mol. The zero-order valence-corrected chi connectivity index (χ0v) is 20.4. The van der Waals surface area contributed by atoms with Crippen molar-refractivity contribution in [3.8, 4) is 11.5 Å². The van der Waals surface area contributed by atoms with Crippen LogP contribution in [0.15, 0.2) is 83.9 Å². The smallest absolute Gasteiger partial charge is 0.293 e. The van der Waals surface area contributed by atoms with Crippen LogP contribution in [-0.2, 0) is 11.3 Å². The largest absolute Gasteiger partial charge is 0.492 e. The maximum atomic E-state index is 13.9. The summed E-state index contributed by atoms with van der Waals surface area (Å²) in [6.45, 7) is 0.890. The van der Waals surface area contributed by atoms with E-state index >= 15 is 0 Å². The van der Waals surface area contributed by atoms with Gasteiger partial charge in [-0.15, -0.1) is 0 Å². The van der Waals surface area contributed by atoms with Crippen molar-refractivity contribution in [2.75, 3.05) is 19.8 Å². The molecule has 0 unspecified atom stereocenters. The van der Waals surface area contributed by atoms with Gasteiger partial charge in [0, 0.05) is 22.7 Å². The Morgan fingerprint density at radius 2 is 1.57 bits per heavy atom. The van der Waals surface area contributed by atoms with Gasteiger partial charge in [-0.25, -0.2) is 8.78 Å². The summed E-state index contributed by atoms with van der Waals surface area (Å²) in [4.78, 5) is 26.9. The summed E-state index contributed by atoms with van der Waals surface area (Å²) >= 11 is 0.877. The summed E-state index contributed by atoms with van der Waals surface area (Å²) in [6, 6.07) is 19.5. The molecule has 37 heavy (non-hydrogen) atoms. The number of para-hydroxylation sites is 2. The first-order valence-electron chi connectivity index (χ1n) is 11.6. The van der Waals surface area contributed by atoms with Crippen LogP contribution in [0.4, 0.5) is 13.6 Å². The molecule has 0 saturated carbocycles. The third kappa shape index (κ3) is 5.51. The zero-order valence-electron chi connectivity index (χ0n) is 19.6. The van der Waals surface area contributed by atoms with Gasteiger partial charge in [-0.3, -0.25) is 14.5 Å². The summed E-state index contributed by atoms with van der Waals surface area (Å²) in [6.07, 6.45) is 3.60. The number of imide groups is 1. The molecule has 3 aromatic carbocycles. The minimum absolute atomic E-state index is 0.0779. The molecule has 4 aromatic rings. The Bertz CT molecular complexity index is 1480. The number of ether oxygens (including phenoxy) is 2. The van der Waals surface area contributed by atoms with Crippen LogP contribution in [0.1, 0.15) is 5.56 Å². The zero-order chi connectivity index (χ0) is 25.8. The van der Waals surface area contributed by atoms with Crippen molar-refractivity contribution < 1.29 is 27.8 Å². The van der Waals surface area contributed by atoms with Gasteiger partial charge in [0.15, 0.2) is 11.6 Å². The molecular formula is C28H22F2N2O4S. The van der Waals surface area contributed by atoms with E-state index in [4.69, 9.17) is 9.47 Å². The fourth-order valence-corrected chi connectivity index (χ4v) is 4.87. The first-order chi connectivity index (χ1) is 18.0. The molecule has 1 aromatic heterocycles. The Labute approximate surface area is 216 Å². The fourth-order valence-electron chi connectivity index (χ4n) is 4.01. The maximum absolute atomic E-state index is 13.9. The number of benzene rings is 3. The third-order valence-corrected chi connectivity index (χ3v) is 6.71. The number of carbonyl (C=O) groups excluding carboxylic acids is 2. The van der Waals surface area contributed by atoms with Crippen LogP contribution >= 0.6 is 11.8 Å². The number of halogens is 2. The molecule has 1 fully saturated rings. The molecular weight excluding hydrogens is 498 g/mol. The van der Waals surface area contributed by atoms with E-state index in [9.17, 15) is 18.4 Å². The van der Waals surface area contributed by atoms with E-state index in [0.717, 1.165) is 33.1 Å². The fraction of sp³-hybridized carbons (Fsp3) is 0.143. The molecule has 2 heterocycles. The number of nitrogens with zero attached hydrogens (tertiary/aromatic N) is 2. The number of hydrogen-bond donors (Lipinski definition) is 0. The van der Waals surface area contributed by atoms with Gasteiger partial charge in [-0.1, -0.05) is 30.3 Å². The van der Waals surface area contributed by atoms with Crippen LogP contribution in [0.25, 0.3) is 17.0 Å². The first kappa shape index (κ1) is 24.6. The Balaban J connectivity index is 1.28. The van der Waals surface area contributed by atoms with Crippen LogP contribution < -0.4 is 9.47 Å². The predicted octanol–water partition coefficient (Wildman–Crippen LogP) is 6.11. The number of rotatable bonds is 9. The number of fused-ring (bicyclic) bond motifs is 1. The molecule has 0 radical (unpaired) electrons. The van der Waals surface area contributed by atoms with E-state index in [1.165, 1.54) is 30.3 Å². The minimum atomic E-state index is -0.417. The lowest BCUT2D eigenvalue weighted by Gasteiger charge is -2.13. The summed E-state index contributed by atoms with van der Waals surface area (Å²) < 4.78 is 40.0. The van der Waals surface area contributed by atoms with Gasteiger partial charge in [0.05, 0.1) is 18.0 Å². The van der Waals surface area contributed by atoms with Gasteiger partial charge in [0.1, 0.15) is 24.8 Å². The van der Waals surface area contributed by atoms with Crippen LogP contribution in [0.2, 0.25) is 0 Å². The quantitative estimate of drug-likeness (QED) is 0.249. The highest BCUT2D eigenvalue weighted by Gasteiger charge is 2.35. The highest BCUT2D eigenvalue weighted by atomic mass is 32.2. The highest BCUT2D eigenvalue weighted by molar-refractivity contribution is 8.18. The van der Waals surface area contributed by atoms with E-state index in [-0.39, 0.29) is 36.6 Å². The normalized spacial score (nSPS) is 14.6. The third-order valence-electron chi connectivity index (χ3n) is 5.80. The van der Waals surface area contributed by atoms with Crippen molar-refractivity contribution in [2.24, 2.45) is 0 Å². The second kappa shape index (κ2) is 10.9. The van der Waals surface area contributed by atoms with E-state index in [1.54, 1.807) is 24.3 Å². The monoisotopic (exact) mass is 520 g/mol. The molecule has 0 bridgehead atoms. The minimum Gasteiger partial charge on any atom is -0.492 e. The number of carbonyl (C=O) groups is 2. The Morgan fingerprint density at radius 1 is 0.838 bits per heavy atom. The molecule has 1 saturated heterocycles. The van der Waals surface area contributed by atoms with Crippen LogP contribution in [0.5, 0.6) is 11.5 Å². The van der Waals surface area contributed by atoms with Crippen molar-refractivity contribution in [1.29, 1.82) is 0 Å². The lowest BCUT2D eigenvalue weighted by molar-refractivity contribution is -0.123. The standard InChI is InChI=1S/C28H22F2N2O4S/c29-20-9-11-21(12-10-20)35-16-14-32-27(33)26(37-28(32)34)17-19-18-31(24-7-3-1-5-22(19)24)13-15-36-25-8-4-2-6-23(25)30/h1-12,17-18H,13-16H2/b26-17-. The Hall–Kier alpha value is -4.11. The summed E-state index contributed by atoms with van der Waals surface area (Å²) in [5.74, 6) is -0.536. The van der Waals surface area contributed by atoms with Gasteiger partial charge in [-0.05, 0) is 60.3 Å². The first-order valence-corrected chi connectivity index (χ1v) is 12.4. The van der Waals surface area contributed by atoms with E-state index in [1.807, 2.05) is 35.0 Å². The SMILES string of the molecule is O=C1S/C(=C\c2cn(CCOc3ccccc3F)c3ccccc23)C(=O)N1CCOc1ccc(F)cc1. The van der Waals surface area contributed by atoms with Gasteiger partial charge < -0.3 is 14.0 Å². The molecule has 6 nitrogen and oxygen atoms in total. The van der Waals surface area contributed by atoms with E-state index in [2.05, 4.69) is 0 Å². The van der Waals surface area contributed by atoms with Gasteiger partial charge in [0.25, 0.3) is 11.1 Å². The second-order valence-electron chi connectivity index (χ2n) is 8.21. The number of amides is 2. The molecule has 1 aliphatic rings. The molecule has 1 aliphatic heterocycles. The maximum Gasteiger partial charge on any atom is 0.293 e. The lowest BCUT2D eigenvalue weighted by Crippen LogP contribution is -2.32. The molecule has 0 aliphatic carbocycles. The van der Waals surface area contributed by atoms with Gasteiger partial charge in [-0.2, -0.15) is 0 Å². The van der Waals surface area contributed by atoms with Crippen molar-refractivity contribution in [1.82, 2.24) is 9.47 Å². The molecule has 188 valence electrons. The topological polar surface area (TPSA) is 60.8 Å². The molecule has 0 N–H and O–H groups in total. The highest BCUT2D eigenvalue weighted by Crippen LogP contribution is 2.34. The molecule has 9 heteroatoms. The van der Waals surface area contributed by atoms with Gasteiger partial charge >= 0.3 is 0 Å². The number of thioether (sulfide) groups is 1. The lowest BCUT2D eigenvalue weighted by atomic mass is 10.1. The van der Waals surface area contributed by atoms with Crippen LogP contribution in [0.3, 0.4) is 0 Å². The molecule has 5 rings (SSSR count). The second-order valence-corrected chi connectivity index (χ2v) is 9.20. The molecule has 0 atom stereocenters. The average Bonchev–Trinajstić information content (AvgIpc) is 3.38. The Kier molecular flexibility index (Phi) is 7.23. The van der Waals surface area contributed by atoms with Gasteiger partial charge in [0.2, 0.25) is 0 Å². The van der Waals surface area contributed by atoms with Crippen molar-refractivity contribution in [3.05, 3.63) is 101 Å². The number of aromatic nitrogens is 1. The van der Waals surface area contributed by atoms with E-state index in [0.29, 0.717) is 17.2 Å². The molecule has 2 amide bonds. The summed E-state index contributed by atoms with van der Waals surface area (Å²) in [5, 5.41) is 0.542. The Morgan fingerprint density at radius 3 is 2.38 bits per heavy atom. The van der Waals surface area contributed by atoms with Crippen molar-refractivity contribution in [2.45, 2.75) is 6.54 Å². The summed E-state index contributed by atoms with van der Waals surface area (Å²) in [5.41, 5.74) is 1.72. The van der Waals surface area contributed by atoms with Crippen molar-refractivity contribution >= 4 is 39.9 Å². The van der Waals surface area contributed by atoms with Crippen LogP contribution in [-0.4, -0.2) is 40.4 Å². The number of hydrogen-bond acceptors (Lipinski definition) is 5. The summed E-state index contributed by atoms with van der Waals surface area (Å²) in [7, 11) is 0. The van der Waals surface area contributed by atoms with E-state index < -0.39 is 11.7 Å². The van der Waals surface area contributed by atoms with Crippen LogP contribution in [0, 0.1) is 11.6 Å².